The number of hydrogen-bond acceptors (Lipinski definition) is 5. The number of nitrogens with zero attached hydrogens (tertiary/aromatic N) is 2. The van der Waals surface area contributed by atoms with Gasteiger partial charge in [0.25, 0.3) is 5.56 Å². The molecule has 0 spiro atoms. The standard InChI is InChI=1S/C21H21ClN2O3S/c1-26-19-7-3-2-5-14(19)13-28-21-23-18-11-15(22)8-9-17(18)20(25)24(21)12-16-6-4-10-27-16/h2-3,5,7-9,11,16H,4,6,10,12-13H2,1H3/t16-/m1/s1. The van der Waals surface area contributed by atoms with Gasteiger partial charge in [0.15, 0.2) is 5.16 Å². The highest BCUT2D eigenvalue weighted by atomic mass is 35.5. The topological polar surface area (TPSA) is 53.3 Å². The highest BCUT2D eigenvalue weighted by molar-refractivity contribution is 7.98. The smallest absolute Gasteiger partial charge is 0.262 e. The largest absolute Gasteiger partial charge is 0.496 e. The minimum Gasteiger partial charge on any atom is -0.496 e. The maximum absolute atomic E-state index is 13.2. The number of fused-ring (bicyclic) bond motifs is 1. The molecule has 4 rings (SSSR count). The van der Waals surface area contributed by atoms with Crippen molar-refractivity contribution in [2.45, 2.75) is 36.4 Å². The van der Waals surface area contributed by atoms with Crippen LogP contribution in [0.4, 0.5) is 0 Å². The van der Waals surface area contributed by atoms with Gasteiger partial charge in [0, 0.05) is 22.9 Å². The van der Waals surface area contributed by atoms with E-state index < -0.39 is 0 Å². The van der Waals surface area contributed by atoms with Gasteiger partial charge in [-0.1, -0.05) is 41.6 Å². The predicted octanol–water partition coefficient (Wildman–Crippen LogP) is 4.53. The number of methoxy groups -OCH3 is 1. The summed E-state index contributed by atoms with van der Waals surface area (Å²) in [6.45, 7) is 1.26. The Balaban J connectivity index is 1.72. The Bertz CT molecular complexity index is 1050. The molecule has 1 aliphatic heterocycles. The Hall–Kier alpha value is -2.02. The first-order valence-corrected chi connectivity index (χ1v) is 10.6. The summed E-state index contributed by atoms with van der Waals surface area (Å²) in [5.41, 5.74) is 1.61. The highest BCUT2D eigenvalue weighted by Crippen LogP contribution is 2.28. The van der Waals surface area contributed by atoms with Crippen molar-refractivity contribution in [1.29, 1.82) is 0 Å². The molecular weight excluding hydrogens is 396 g/mol. The summed E-state index contributed by atoms with van der Waals surface area (Å²) in [6.07, 6.45) is 2.04. The average molecular weight is 417 g/mol. The molecule has 0 bridgehead atoms. The van der Waals surface area contributed by atoms with E-state index in [0.717, 1.165) is 30.8 Å². The molecule has 1 aromatic heterocycles. The van der Waals surface area contributed by atoms with Gasteiger partial charge in [-0.2, -0.15) is 0 Å². The van der Waals surface area contributed by atoms with Gasteiger partial charge in [-0.15, -0.1) is 0 Å². The second-order valence-corrected chi connectivity index (χ2v) is 8.09. The third kappa shape index (κ3) is 4.04. The first kappa shape index (κ1) is 19.3. The van der Waals surface area contributed by atoms with Crippen LogP contribution in [-0.2, 0) is 17.0 Å². The van der Waals surface area contributed by atoms with Crippen LogP contribution >= 0.6 is 23.4 Å². The molecule has 0 N–H and O–H groups in total. The molecule has 2 heterocycles. The van der Waals surface area contributed by atoms with Crippen molar-refractivity contribution in [3.63, 3.8) is 0 Å². The first-order chi connectivity index (χ1) is 13.7. The summed E-state index contributed by atoms with van der Waals surface area (Å²) in [6, 6.07) is 13.1. The van der Waals surface area contributed by atoms with Gasteiger partial charge in [0.2, 0.25) is 0 Å². The van der Waals surface area contributed by atoms with Crippen LogP contribution in [0.5, 0.6) is 5.75 Å². The minimum atomic E-state index is -0.0558. The summed E-state index contributed by atoms with van der Waals surface area (Å²) in [5, 5.41) is 1.81. The van der Waals surface area contributed by atoms with E-state index in [1.807, 2.05) is 24.3 Å². The molecule has 0 saturated carbocycles. The van der Waals surface area contributed by atoms with Crippen molar-refractivity contribution in [3.05, 3.63) is 63.4 Å². The van der Waals surface area contributed by atoms with Crippen LogP contribution in [0.1, 0.15) is 18.4 Å². The molecule has 5 nitrogen and oxygen atoms in total. The maximum Gasteiger partial charge on any atom is 0.262 e. The monoisotopic (exact) mass is 416 g/mol. The molecule has 0 radical (unpaired) electrons. The van der Waals surface area contributed by atoms with E-state index in [-0.39, 0.29) is 11.7 Å². The Morgan fingerprint density at radius 2 is 2.18 bits per heavy atom. The van der Waals surface area contributed by atoms with Crippen LogP contribution in [0, 0.1) is 0 Å². The molecule has 1 atom stereocenters. The average Bonchev–Trinajstić information content (AvgIpc) is 3.22. The number of hydrogen-bond donors (Lipinski definition) is 0. The Morgan fingerprint density at radius 1 is 1.32 bits per heavy atom. The number of aromatic nitrogens is 2. The molecular formula is C21H21ClN2O3S. The molecule has 0 aliphatic carbocycles. The number of ether oxygens (including phenoxy) is 2. The molecule has 1 aliphatic rings. The first-order valence-electron chi connectivity index (χ1n) is 9.22. The molecule has 7 heteroatoms. The predicted molar refractivity (Wildman–Crippen MR) is 113 cm³/mol. The Labute approximate surface area is 172 Å². The fraction of sp³-hybridized carbons (Fsp3) is 0.333. The van der Waals surface area contributed by atoms with E-state index in [2.05, 4.69) is 0 Å². The van der Waals surface area contributed by atoms with Crippen LogP contribution in [0.2, 0.25) is 5.02 Å². The van der Waals surface area contributed by atoms with Crippen LogP contribution in [0.3, 0.4) is 0 Å². The third-order valence-electron chi connectivity index (χ3n) is 4.84. The molecule has 0 unspecified atom stereocenters. The van der Waals surface area contributed by atoms with Gasteiger partial charge < -0.3 is 9.47 Å². The quantitative estimate of drug-likeness (QED) is 0.436. The van der Waals surface area contributed by atoms with Crippen molar-refractivity contribution < 1.29 is 9.47 Å². The molecule has 1 saturated heterocycles. The SMILES string of the molecule is COc1ccccc1CSc1nc2cc(Cl)ccc2c(=O)n1C[C@H]1CCCO1. The van der Waals surface area contributed by atoms with Crippen LogP contribution in [-0.4, -0.2) is 29.4 Å². The van der Waals surface area contributed by atoms with Gasteiger partial charge in [0.1, 0.15) is 5.75 Å². The number of thioether (sulfide) groups is 1. The lowest BCUT2D eigenvalue weighted by Crippen LogP contribution is -2.28. The van der Waals surface area contributed by atoms with Crippen molar-refractivity contribution in [3.8, 4) is 5.75 Å². The van der Waals surface area contributed by atoms with Gasteiger partial charge >= 0.3 is 0 Å². The normalized spacial score (nSPS) is 16.6. The van der Waals surface area contributed by atoms with E-state index in [0.29, 0.717) is 33.4 Å². The van der Waals surface area contributed by atoms with Crippen molar-refractivity contribution in [2.75, 3.05) is 13.7 Å². The second kappa shape index (κ2) is 8.55. The van der Waals surface area contributed by atoms with Crippen LogP contribution in [0.15, 0.2) is 52.4 Å². The molecule has 2 aromatic carbocycles. The summed E-state index contributed by atoms with van der Waals surface area (Å²) >= 11 is 7.64. The molecule has 0 amide bonds. The molecule has 28 heavy (non-hydrogen) atoms. The number of halogens is 1. The van der Waals surface area contributed by atoms with Gasteiger partial charge in [-0.25, -0.2) is 4.98 Å². The van der Waals surface area contributed by atoms with E-state index >= 15 is 0 Å². The number of para-hydroxylation sites is 1. The lowest BCUT2D eigenvalue weighted by atomic mass is 10.2. The summed E-state index contributed by atoms with van der Waals surface area (Å²) in [7, 11) is 1.66. The van der Waals surface area contributed by atoms with Crippen LogP contribution < -0.4 is 10.3 Å². The maximum atomic E-state index is 13.2. The fourth-order valence-electron chi connectivity index (χ4n) is 3.40. The molecule has 3 aromatic rings. The van der Waals surface area contributed by atoms with Crippen molar-refractivity contribution >= 4 is 34.3 Å². The number of benzene rings is 2. The minimum absolute atomic E-state index is 0.0508. The fourth-order valence-corrected chi connectivity index (χ4v) is 4.57. The van der Waals surface area contributed by atoms with Crippen molar-refractivity contribution in [1.82, 2.24) is 9.55 Å². The van der Waals surface area contributed by atoms with E-state index in [9.17, 15) is 4.79 Å². The third-order valence-corrected chi connectivity index (χ3v) is 6.10. The van der Waals surface area contributed by atoms with Crippen molar-refractivity contribution in [2.24, 2.45) is 0 Å². The summed E-state index contributed by atoms with van der Waals surface area (Å²) < 4.78 is 12.9. The zero-order valence-corrected chi connectivity index (χ0v) is 17.1. The van der Waals surface area contributed by atoms with E-state index in [1.54, 1.807) is 29.9 Å². The highest BCUT2D eigenvalue weighted by Gasteiger charge is 2.20. The van der Waals surface area contributed by atoms with E-state index in [4.69, 9.17) is 26.1 Å². The zero-order chi connectivity index (χ0) is 19.5. The Kier molecular flexibility index (Phi) is 5.90. The van der Waals surface area contributed by atoms with Gasteiger partial charge in [0.05, 0.1) is 30.7 Å². The second-order valence-electron chi connectivity index (χ2n) is 6.71. The van der Waals surface area contributed by atoms with Gasteiger partial charge in [-0.05, 0) is 37.1 Å². The lowest BCUT2D eigenvalue weighted by molar-refractivity contribution is 0.0937. The molecule has 146 valence electrons. The summed E-state index contributed by atoms with van der Waals surface area (Å²) in [4.78, 5) is 17.9. The summed E-state index contributed by atoms with van der Waals surface area (Å²) in [5.74, 6) is 1.47. The van der Waals surface area contributed by atoms with Gasteiger partial charge in [-0.3, -0.25) is 9.36 Å². The number of rotatable bonds is 6. The Morgan fingerprint density at radius 3 is 2.96 bits per heavy atom. The zero-order valence-electron chi connectivity index (χ0n) is 15.6. The van der Waals surface area contributed by atoms with E-state index in [1.165, 1.54) is 11.8 Å². The molecule has 1 fully saturated rings. The lowest BCUT2D eigenvalue weighted by Gasteiger charge is -2.17. The van der Waals surface area contributed by atoms with Crippen LogP contribution in [0.25, 0.3) is 10.9 Å².